The van der Waals surface area contributed by atoms with E-state index in [1.165, 1.54) is 11.1 Å². The van der Waals surface area contributed by atoms with Gasteiger partial charge in [0.15, 0.2) is 0 Å². The number of benzene rings is 1. The molecule has 1 aliphatic rings. The van der Waals surface area contributed by atoms with E-state index in [0.717, 1.165) is 6.42 Å². The average molecular weight is 239 g/mol. The standard InChI is InChI=1S/C17H21N/c1-17(18(2)3)13-11-16(12-14-17)10-9-15-7-5-4-6-8-15/h4-13H,14H2,1-3H3. The van der Waals surface area contributed by atoms with Crippen molar-refractivity contribution < 1.29 is 0 Å². The second-order valence-electron chi connectivity index (χ2n) is 5.24. The van der Waals surface area contributed by atoms with Crippen LogP contribution in [0.3, 0.4) is 0 Å². The quantitative estimate of drug-likeness (QED) is 0.773. The number of nitrogens with zero attached hydrogens (tertiary/aromatic N) is 1. The van der Waals surface area contributed by atoms with Crippen molar-refractivity contribution in [3.63, 3.8) is 0 Å². The highest BCUT2D eigenvalue weighted by atomic mass is 15.1. The topological polar surface area (TPSA) is 3.24 Å². The Labute approximate surface area is 110 Å². The van der Waals surface area contributed by atoms with Crippen molar-refractivity contribution in [2.75, 3.05) is 14.1 Å². The van der Waals surface area contributed by atoms with E-state index in [-0.39, 0.29) is 5.54 Å². The summed E-state index contributed by atoms with van der Waals surface area (Å²) >= 11 is 0. The summed E-state index contributed by atoms with van der Waals surface area (Å²) in [7, 11) is 4.26. The lowest BCUT2D eigenvalue weighted by Crippen LogP contribution is -2.39. The predicted octanol–water partition coefficient (Wildman–Crippen LogP) is 3.91. The van der Waals surface area contributed by atoms with Crippen LogP contribution in [0.15, 0.2) is 60.2 Å². The monoisotopic (exact) mass is 239 g/mol. The summed E-state index contributed by atoms with van der Waals surface area (Å²) in [6, 6.07) is 10.4. The Morgan fingerprint density at radius 2 is 1.83 bits per heavy atom. The molecule has 0 spiro atoms. The van der Waals surface area contributed by atoms with E-state index in [0.29, 0.717) is 0 Å². The Balaban J connectivity index is 2.04. The van der Waals surface area contributed by atoms with Gasteiger partial charge in [-0.1, -0.05) is 60.7 Å². The van der Waals surface area contributed by atoms with Crippen LogP contribution in [0.5, 0.6) is 0 Å². The summed E-state index contributed by atoms with van der Waals surface area (Å²) < 4.78 is 0. The highest BCUT2D eigenvalue weighted by Crippen LogP contribution is 2.25. The van der Waals surface area contributed by atoms with Crippen molar-refractivity contribution in [3.8, 4) is 0 Å². The molecule has 0 fully saturated rings. The maximum Gasteiger partial charge on any atom is 0.0394 e. The molecule has 0 amide bonds. The van der Waals surface area contributed by atoms with E-state index >= 15 is 0 Å². The molecule has 1 aromatic rings. The van der Waals surface area contributed by atoms with Gasteiger partial charge in [-0.05, 0) is 38.6 Å². The van der Waals surface area contributed by atoms with E-state index < -0.39 is 0 Å². The number of allylic oxidation sites excluding steroid dienone is 3. The zero-order valence-corrected chi connectivity index (χ0v) is 11.4. The molecular formula is C17H21N. The Morgan fingerprint density at radius 3 is 2.39 bits per heavy atom. The van der Waals surface area contributed by atoms with Crippen molar-refractivity contribution in [3.05, 3.63) is 65.8 Å². The summed E-state index contributed by atoms with van der Waals surface area (Å²) in [5, 5.41) is 0. The minimum atomic E-state index is 0.157. The zero-order valence-electron chi connectivity index (χ0n) is 11.4. The molecule has 1 aliphatic carbocycles. The first-order chi connectivity index (χ1) is 8.60. The Hall–Kier alpha value is -1.60. The molecule has 0 aromatic heterocycles. The van der Waals surface area contributed by atoms with Crippen LogP contribution in [0.25, 0.3) is 6.08 Å². The van der Waals surface area contributed by atoms with Crippen LogP contribution in [0.2, 0.25) is 0 Å². The van der Waals surface area contributed by atoms with Gasteiger partial charge in [-0.2, -0.15) is 0 Å². The van der Waals surface area contributed by atoms with Gasteiger partial charge in [0.1, 0.15) is 0 Å². The van der Waals surface area contributed by atoms with Gasteiger partial charge in [-0.25, -0.2) is 0 Å². The maximum atomic E-state index is 2.30. The molecule has 1 nitrogen and oxygen atoms in total. The summed E-state index contributed by atoms with van der Waals surface area (Å²) in [4.78, 5) is 2.26. The second-order valence-corrected chi connectivity index (χ2v) is 5.24. The van der Waals surface area contributed by atoms with Gasteiger partial charge in [0, 0.05) is 5.54 Å². The first-order valence-corrected chi connectivity index (χ1v) is 6.40. The highest BCUT2D eigenvalue weighted by Gasteiger charge is 2.23. The summed E-state index contributed by atoms with van der Waals surface area (Å²) in [5.74, 6) is 0. The first-order valence-electron chi connectivity index (χ1n) is 6.40. The summed E-state index contributed by atoms with van der Waals surface area (Å²) in [5.41, 5.74) is 2.69. The smallest absolute Gasteiger partial charge is 0.0394 e. The number of rotatable bonds is 3. The molecule has 0 saturated carbocycles. The van der Waals surface area contributed by atoms with Gasteiger partial charge >= 0.3 is 0 Å². The van der Waals surface area contributed by atoms with Crippen molar-refractivity contribution >= 4 is 6.08 Å². The second kappa shape index (κ2) is 5.36. The predicted molar refractivity (Wildman–Crippen MR) is 79.4 cm³/mol. The maximum absolute atomic E-state index is 2.30. The molecule has 2 rings (SSSR count). The highest BCUT2D eigenvalue weighted by molar-refractivity contribution is 5.55. The van der Waals surface area contributed by atoms with E-state index in [4.69, 9.17) is 0 Å². The lowest BCUT2D eigenvalue weighted by Gasteiger charge is -2.34. The third kappa shape index (κ3) is 2.99. The van der Waals surface area contributed by atoms with Gasteiger partial charge < -0.3 is 4.90 Å². The van der Waals surface area contributed by atoms with Crippen molar-refractivity contribution in [2.45, 2.75) is 18.9 Å². The third-order valence-corrected chi connectivity index (χ3v) is 3.68. The molecule has 0 radical (unpaired) electrons. The van der Waals surface area contributed by atoms with Crippen LogP contribution in [-0.4, -0.2) is 24.5 Å². The molecular weight excluding hydrogens is 218 g/mol. The van der Waals surface area contributed by atoms with Crippen molar-refractivity contribution in [1.29, 1.82) is 0 Å². The molecule has 0 bridgehead atoms. The number of hydrogen-bond acceptors (Lipinski definition) is 1. The molecule has 0 heterocycles. The molecule has 1 aromatic carbocycles. The fourth-order valence-corrected chi connectivity index (χ4v) is 1.95. The van der Waals surface area contributed by atoms with Crippen LogP contribution >= 0.6 is 0 Å². The molecule has 0 saturated heterocycles. The molecule has 94 valence electrons. The third-order valence-electron chi connectivity index (χ3n) is 3.68. The van der Waals surface area contributed by atoms with Crippen LogP contribution < -0.4 is 0 Å². The Kier molecular flexibility index (Phi) is 3.83. The van der Waals surface area contributed by atoms with Gasteiger partial charge in [0.25, 0.3) is 0 Å². The largest absolute Gasteiger partial charge is 0.300 e. The minimum absolute atomic E-state index is 0.157. The van der Waals surface area contributed by atoms with Crippen molar-refractivity contribution in [1.82, 2.24) is 4.90 Å². The van der Waals surface area contributed by atoms with E-state index in [1.807, 2.05) is 6.07 Å². The normalized spacial score (nSPS) is 23.7. The fraction of sp³-hybridized carbons (Fsp3) is 0.294. The lowest BCUT2D eigenvalue weighted by molar-refractivity contribution is 0.230. The molecule has 1 heteroatoms. The number of hydrogen-bond donors (Lipinski definition) is 0. The lowest BCUT2D eigenvalue weighted by atomic mass is 9.89. The van der Waals surface area contributed by atoms with E-state index in [2.05, 4.69) is 80.6 Å². The first kappa shape index (κ1) is 12.8. The molecule has 18 heavy (non-hydrogen) atoms. The van der Waals surface area contributed by atoms with Crippen molar-refractivity contribution in [2.24, 2.45) is 0 Å². The fourth-order valence-electron chi connectivity index (χ4n) is 1.95. The summed E-state index contributed by atoms with van der Waals surface area (Å²) in [6.07, 6.45) is 12.2. The molecule has 1 atom stereocenters. The zero-order chi connectivity index (χ0) is 13.0. The minimum Gasteiger partial charge on any atom is -0.300 e. The molecule has 1 unspecified atom stereocenters. The van der Waals surface area contributed by atoms with Crippen LogP contribution in [0, 0.1) is 0 Å². The van der Waals surface area contributed by atoms with Crippen LogP contribution in [0.4, 0.5) is 0 Å². The average Bonchev–Trinajstić information content (AvgIpc) is 2.39. The molecule has 0 N–H and O–H groups in total. The van der Waals surface area contributed by atoms with Crippen LogP contribution in [0.1, 0.15) is 18.9 Å². The van der Waals surface area contributed by atoms with Gasteiger partial charge in [-0.3, -0.25) is 0 Å². The number of likely N-dealkylation sites (N-methyl/N-ethyl adjacent to an activating group) is 1. The Bertz CT molecular complexity index is 480. The van der Waals surface area contributed by atoms with E-state index in [9.17, 15) is 0 Å². The summed E-state index contributed by atoms with van der Waals surface area (Å²) in [6.45, 7) is 2.26. The molecule has 0 aliphatic heterocycles. The van der Waals surface area contributed by atoms with Crippen LogP contribution in [-0.2, 0) is 0 Å². The van der Waals surface area contributed by atoms with Gasteiger partial charge in [0.05, 0.1) is 0 Å². The van der Waals surface area contributed by atoms with Gasteiger partial charge in [-0.15, -0.1) is 0 Å². The Morgan fingerprint density at radius 1 is 1.11 bits per heavy atom. The van der Waals surface area contributed by atoms with Gasteiger partial charge in [0.2, 0.25) is 0 Å². The SMILES string of the molecule is CN(C)C1(C)C=CC(C=Cc2ccccc2)=CC1. The van der Waals surface area contributed by atoms with E-state index in [1.54, 1.807) is 0 Å².